The number of benzene rings is 2. The predicted octanol–water partition coefficient (Wildman–Crippen LogP) is 6.48. The second-order valence-electron chi connectivity index (χ2n) is 17.7. The molecular formula is C45H51N7O9S3. The van der Waals surface area contributed by atoms with Crippen LogP contribution < -0.4 is 24.8 Å². The van der Waals surface area contributed by atoms with E-state index in [9.17, 15) is 22.8 Å². The zero-order chi connectivity index (χ0) is 45.7. The lowest BCUT2D eigenvalue weighted by Gasteiger charge is -2.35. The van der Waals surface area contributed by atoms with E-state index in [-0.39, 0.29) is 43.7 Å². The molecule has 2 aliphatic carbocycles. The van der Waals surface area contributed by atoms with Gasteiger partial charge >= 0.3 is 5.97 Å². The first-order valence-corrected chi connectivity index (χ1v) is 24.5. The molecule has 3 aliphatic rings. The van der Waals surface area contributed by atoms with E-state index in [0.717, 1.165) is 27.0 Å². The highest BCUT2D eigenvalue weighted by atomic mass is 32.2. The van der Waals surface area contributed by atoms with Gasteiger partial charge in [0, 0.05) is 33.4 Å². The van der Waals surface area contributed by atoms with Crippen molar-refractivity contribution in [3.05, 3.63) is 72.3 Å². The fourth-order valence-electron chi connectivity index (χ4n) is 7.86. The zero-order valence-electron chi connectivity index (χ0n) is 36.4. The van der Waals surface area contributed by atoms with Gasteiger partial charge in [0.15, 0.2) is 16.6 Å². The van der Waals surface area contributed by atoms with E-state index in [1.165, 1.54) is 22.3 Å². The summed E-state index contributed by atoms with van der Waals surface area (Å²) in [5, 5.41) is 8.17. The van der Waals surface area contributed by atoms with Gasteiger partial charge in [-0.1, -0.05) is 45.0 Å². The summed E-state index contributed by atoms with van der Waals surface area (Å²) in [7, 11) is -3.94. The van der Waals surface area contributed by atoms with Crippen molar-refractivity contribution in [2.75, 3.05) is 18.5 Å². The summed E-state index contributed by atoms with van der Waals surface area (Å²) in [6.45, 7) is 15.1. The highest BCUT2D eigenvalue weighted by Gasteiger charge is 2.62. The third-order valence-corrected chi connectivity index (χ3v) is 15.2. The molecule has 19 heteroatoms. The minimum atomic E-state index is -3.94. The van der Waals surface area contributed by atoms with E-state index in [2.05, 4.69) is 26.9 Å². The van der Waals surface area contributed by atoms with Crippen LogP contribution in [0.2, 0.25) is 0 Å². The number of thiophene rings is 1. The molecular weight excluding hydrogens is 879 g/mol. The van der Waals surface area contributed by atoms with Crippen LogP contribution in [-0.2, 0) is 29.1 Å². The van der Waals surface area contributed by atoms with Crippen molar-refractivity contribution in [2.24, 2.45) is 11.3 Å². The Morgan fingerprint density at radius 2 is 1.78 bits per heavy atom. The number of ether oxygens (including phenoxy) is 3. The maximum absolute atomic E-state index is 15.0. The summed E-state index contributed by atoms with van der Waals surface area (Å²) >= 11 is 2.60. The number of nitrogens with one attached hydrogen (secondary N) is 3. The van der Waals surface area contributed by atoms with E-state index >= 15 is 4.79 Å². The second kappa shape index (κ2) is 17.4. The van der Waals surface area contributed by atoms with Crippen molar-refractivity contribution in [1.29, 1.82) is 0 Å². The Hall–Kier alpha value is -5.66. The fourth-order valence-corrected chi connectivity index (χ4v) is 11.0. The molecule has 1 saturated heterocycles. The Morgan fingerprint density at radius 3 is 2.44 bits per heavy atom. The number of carbonyl (C=O) groups excluding carboxylic acids is 4. The number of sulfonamides is 1. The molecule has 16 nitrogen and oxygen atoms in total. The Kier molecular flexibility index (Phi) is 12.2. The molecule has 1 aliphatic heterocycles. The van der Waals surface area contributed by atoms with Crippen molar-refractivity contribution < 1.29 is 41.8 Å². The van der Waals surface area contributed by atoms with Gasteiger partial charge in [0.25, 0.3) is 5.91 Å². The van der Waals surface area contributed by atoms with Crippen molar-refractivity contribution in [1.82, 2.24) is 29.9 Å². The number of likely N-dealkylation sites (tertiary alicyclic amines) is 1. The van der Waals surface area contributed by atoms with Gasteiger partial charge in [-0.25, -0.2) is 23.2 Å². The number of amides is 3. The lowest BCUT2D eigenvalue weighted by atomic mass is 9.85. The fraction of sp³-hybridized carbons (Fsp3) is 0.444. The van der Waals surface area contributed by atoms with Crippen LogP contribution in [0.4, 0.5) is 5.13 Å². The summed E-state index contributed by atoms with van der Waals surface area (Å²) in [5.41, 5.74) is -0.841. The zero-order valence-corrected chi connectivity index (χ0v) is 38.8. The van der Waals surface area contributed by atoms with Crippen LogP contribution in [0.1, 0.15) is 77.7 Å². The number of hydrogen-bond donors (Lipinski definition) is 3. The number of nitrogens with zero attached hydrogens (tertiary/aromatic N) is 4. The SMILES string of the molecule is C=C[C@@H]1C[C@]1(NC(=O)[C@@H]1C[C@@H](Oc2nc(-c3ccc(OC(C)C)cc3)nc3c2sc2ccccc23)CN1C(=O)[C@@H](Nc1nc(C(=O)OCC)cs1)C(C)(C)C)C(=O)NS(=O)(=O)C1CC1. The number of thiazole rings is 1. The summed E-state index contributed by atoms with van der Waals surface area (Å²) < 4.78 is 47.4. The van der Waals surface area contributed by atoms with Gasteiger partial charge in [0.1, 0.15) is 34.2 Å². The number of anilines is 1. The Labute approximate surface area is 379 Å². The average Bonchev–Trinajstić information content (AvgIpc) is 4.08. The first-order valence-electron chi connectivity index (χ1n) is 21.2. The van der Waals surface area contributed by atoms with Crippen LogP contribution in [0.3, 0.4) is 0 Å². The molecule has 64 heavy (non-hydrogen) atoms. The highest BCUT2D eigenvalue weighted by Crippen LogP contribution is 2.46. The number of fused-ring (bicyclic) bond motifs is 3. The first kappa shape index (κ1) is 44.9. The third kappa shape index (κ3) is 9.15. The van der Waals surface area contributed by atoms with Crippen molar-refractivity contribution >= 4 is 81.8 Å². The molecule has 3 N–H and O–H groups in total. The molecule has 5 aromatic rings. The molecule has 2 saturated carbocycles. The summed E-state index contributed by atoms with van der Waals surface area (Å²) in [6, 6.07) is 13.2. The minimum Gasteiger partial charge on any atom is -0.491 e. The smallest absolute Gasteiger partial charge is 0.357 e. The van der Waals surface area contributed by atoms with Crippen molar-refractivity contribution in [3.63, 3.8) is 0 Å². The number of aromatic nitrogens is 3. The molecule has 0 spiro atoms. The van der Waals surface area contributed by atoms with Gasteiger partial charge in [0.2, 0.25) is 27.7 Å². The lowest BCUT2D eigenvalue weighted by molar-refractivity contribution is -0.141. The largest absolute Gasteiger partial charge is 0.491 e. The van der Waals surface area contributed by atoms with E-state index in [4.69, 9.17) is 24.2 Å². The van der Waals surface area contributed by atoms with E-state index in [1.54, 1.807) is 12.3 Å². The molecule has 3 aromatic heterocycles. The number of esters is 1. The topological polar surface area (TPSA) is 208 Å². The molecule has 338 valence electrons. The van der Waals surface area contributed by atoms with Crippen LogP contribution in [0.15, 0.2) is 66.6 Å². The molecule has 3 amide bonds. The van der Waals surface area contributed by atoms with Gasteiger partial charge in [-0.15, -0.1) is 29.3 Å². The summed E-state index contributed by atoms with van der Waals surface area (Å²) in [4.78, 5) is 71.7. The molecule has 8 rings (SSSR count). The van der Waals surface area contributed by atoms with Crippen LogP contribution in [-0.4, -0.2) is 100 Å². The Bertz CT molecular complexity index is 2740. The monoisotopic (exact) mass is 929 g/mol. The Balaban J connectivity index is 1.14. The van der Waals surface area contributed by atoms with E-state index in [0.29, 0.717) is 39.8 Å². The van der Waals surface area contributed by atoms with Gasteiger partial charge < -0.3 is 29.7 Å². The van der Waals surface area contributed by atoms with E-state index < -0.39 is 74.0 Å². The van der Waals surface area contributed by atoms with Crippen molar-refractivity contribution in [2.45, 2.75) is 102 Å². The van der Waals surface area contributed by atoms with Crippen LogP contribution >= 0.6 is 22.7 Å². The Morgan fingerprint density at radius 1 is 1.05 bits per heavy atom. The van der Waals surface area contributed by atoms with Crippen molar-refractivity contribution in [3.8, 4) is 23.0 Å². The molecule has 5 atom stereocenters. The summed E-state index contributed by atoms with van der Waals surface area (Å²) in [6.07, 6.45) is 1.76. The highest BCUT2D eigenvalue weighted by molar-refractivity contribution is 7.91. The molecule has 0 radical (unpaired) electrons. The summed E-state index contributed by atoms with van der Waals surface area (Å²) in [5.74, 6) is -1.73. The van der Waals surface area contributed by atoms with Crippen LogP contribution in [0.5, 0.6) is 11.6 Å². The second-order valence-corrected chi connectivity index (χ2v) is 21.6. The quantitative estimate of drug-likeness (QED) is 0.0717. The van der Waals surface area contributed by atoms with E-state index in [1.807, 2.05) is 83.1 Å². The lowest BCUT2D eigenvalue weighted by Crippen LogP contribution is -2.58. The number of rotatable bonds is 16. The first-order chi connectivity index (χ1) is 30.4. The average molecular weight is 930 g/mol. The van der Waals surface area contributed by atoms with Gasteiger partial charge in [-0.3, -0.25) is 19.1 Å². The molecule has 3 fully saturated rings. The van der Waals surface area contributed by atoms with Gasteiger partial charge in [-0.2, -0.15) is 4.98 Å². The molecule has 2 aromatic carbocycles. The van der Waals surface area contributed by atoms with Gasteiger partial charge in [0.05, 0.1) is 30.0 Å². The minimum absolute atomic E-state index is 0.00247. The third-order valence-electron chi connectivity index (χ3n) is 11.4. The van der Waals surface area contributed by atoms with Gasteiger partial charge in [-0.05, 0) is 75.8 Å². The van der Waals surface area contributed by atoms with Crippen LogP contribution in [0.25, 0.3) is 31.7 Å². The molecule has 0 bridgehead atoms. The molecule has 4 heterocycles. The number of carbonyl (C=O) groups is 4. The van der Waals surface area contributed by atoms with Crippen LogP contribution in [0, 0.1) is 11.3 Å². The molecule has 0 unspecified atom stereocenters. The number of hydrogen-bond acceptors (Lipinski definition) is 15. The predicted molar refractivity (Wildman–Crippen MR) is 245 cm³/mol. The maximum atomic E-state index is 15.0. The maximum Gasteiger partial charge on any atom is 0.357 e. The standard InChI is InChI=1S/C45H51N7O9S3/c1-8-26-21-45(26,42(56)51-64(57,58)29-18-19-29)50-38(53)32-20-28(22-52(32)40(54)36(44(5,6)7)48-43-46-31(23-62-43)41(55)59-9-2)61-39-35-34(30-12-10-11-13-33(30)63-35)47-37(49-39)25-14-16-27(17-15-25)60-24(3)4/h8,10-17,23-24,26,28-29,32,36H,1,9,18-22H2,2-7H3,(H,46,48)(H,50,53)(H,51,56)/t26-,28-,32+,36-,45-/m1/s1. The normalized spacial score (nSPS) is 21.4.